The van der Waals surface area contributed by atoms with Crippen LogP contribution in [0.25, 0.3) is 0 Å². The maximum Gasteiger partial charge on any atom is 0.188 e. The third-order valence-corrected chi connectivity index (χ3v) is 1.41. The summed E-state index contributed by atoms with van der Waals surface area (Å²) < 4.78 is 4.63. The zero-order valence-corrected chi connectivity index (χ0v) is 6.86. The lowest BCUT2D eigenvalue weighted by atomic mass is 10.1. The molecule has 12 heavy (non-hydrogen) atoms. The van der Waals surface area contributed by atoms with Gasteiger partial charge in [0.2, 0.25) is 0 Å². The maximum absolute atomic E-state index is 11.2. The highest BCUT2D eigenvalue weighted by Crippen LogP contribution is 2.00. The largest absolute Gasteiger partial charge is 0.504 e. The lowest BCUT2D eigenvalue weighted by Gasteiger charge is -1.92. The second-order valence-corrected chi connectivity index (χ2v) is 2.27. The summed E-state index contributed by atoms with van der Waals surface area (Å²) in [5.41, 5.74) is 0.672. The van der Waals surface area contributed by atoms with Crippen molar-refractivity contribution >= 4 is 5.78 Å². The fourth-order valence-electron chi connectivity index (χ4n) is 0.828. The minimum Gasteiger partial charge on any atom is -0.504 e. The van der Waals surface area contributed by atoms with Crippen molar-refractivity contribution in [3.05, 3.63) is 48.2 Å². The summed E-state index contributed by atoms with van der Waals surface area (Å²) in [6.07, 6.45) is 2.77. The van der Waals surface area contributed by atoms with Gasteiger partial charge in [-0.05, 0) is 0 Å². The van der Waals surface area contributed by atoms with E-state index in [1.54, 1.807) is 12.1 Å². The Morgan fingerprint density at radius 1 is 1.33 bits per heavy atom. The minimum absolute atomic E-state index is 0.0440. The number of hydrogen-bond acceptors (Lipinski definition) is 2. The summed E-state index contributed by atoms with van der Waals surface area (Å²) in [6.45, 7) is 0. The van der Waals surface area contributed by atoms with Crippen molar-refractivity contribution in [2.45, 2.75) is 0 Å². The van der Waals surface area contributed by atoms with E-state index in [-0.39, 0.29) is 5.78 Å². The van der Waals surface area contributed by atoms with Crippen LogP contribution in [-0.2, 0) is 4.74 Å². The number of carbonyl (C=O) groups is 1. The number of methoxy groups -OCH3 is 1. The predicted molar refractivity (Wildman–Crippen MR) is 46.9 cm³/mol. The van der Waals surface area contributed by atoms with Gasteiger partial charge in [-0.25, -0.2) is 0 Å². The Labute approximate surface area is 71.5 Å². The second-order valence-electron chi connectivity index (χ2n) is 2.27. The van der Waals surface area contributed by atoms with Crippen molar-refractivity contribution in [3.63, 3.8) is 0 Å². The molecule has 1 rings (SSSR count). The van der Waals surface area contributed by atoms with Gasteiger partial charge in [0.1, 0.15) is 0 Å². The molecule has 0 unspecified atom stereocenters. The summed E-state index contributed by atoms with van der Waals surface area (Å²) in [5, 5.41) is 0. The van der Waals surface area contributed by atoms with Gasteiger partial charge in [-0.1, -0.05) is 30.3 Å². The van der Waals surface area contributed by atoms with E-state index in [9.17, 15) is 4.79 Å². The van der Waals surface area contributed by atoms with E-state index in [0.717, 1.165) is 0 Å². The van der Waals surface area contributed by atoms with Gasteiger partial charge in [0.25, 0.3) is 0 Å². The molecule has 0 N–H and O–H groups in total. The number of rotatable bonds is 3. The van der Waals surface area contributed by atoms with E-state index in [0.29, 0.717) is 5.56 Å². The molecule has 0 radical (unpaired) electrons. The van der Waals surface area contributed by atoms with Gasteiger partial charge in [-0.15, -0.1) is 0 Å². The molecule has 0 spiro atoms. The van der Waals surface area contributed by atoms with Crippen LogP contribution in [0.1, 0.15) is 10.4 Å². The van der Waals surface area contributed by atoms with E-state index >= 15 is 0 Å². The van der Waals surface area contributed by atoms with E-state index in [4.69, 9.17) is 0 Å². The van der Waals surface area contributed by atoms with Crippen molar-refractivity contribution in [2.75, 3.05) is 7.11 Å². The van der Waals surface area contributed by atoms with E-state index in [1.165, 1.54) is 19.4 Å². The molecule has 0 aliphatic rings. The first-order chi connectivity index (χ1) is 5.84. The molecule has 0 aliphatic heterocycles. The molecular weight excluding hydrogens is 152 g/mol. The average Bonchev–Trinajstić information content (AvgIpc) is 2.15. The van der Waals surface area contributed by atoms with Crippen molar-refractivity contribution < 1.29 is 9.53 Å². The van der Waals surface area contributed by atoms with Crippen LogP contribution in [0, 0.1) is 0 Å². The van der Waals surface area contributed by atoms with Gasteiger partial charge in [0.15, 0.2) is 5.78 Å². The molecular formula is C10H10O2. The minimum atomic E-state index is -0.0440. The molecule has 0 saturated heterocycles. The zero-order chi connectivity index (χ0) is 8.81. The summed E-state index contributed by atoms with van der Waals surface area (Å²) in [4.78, 5) is 11.2. The Morgan fingerprint density at radius 3 is 2.58 bits per heavy atom. The molecule has 62 valence electrons. The van der Waals surface area contributed by atoms with Gasteiger partial charge in [0.05, 0.1) is 13.4 Å². The number of ketones is 1. The third-order valence-electron chi connectivity index (χ3n) is 1.41. The number of hydrogen-bond donors (Lipinski definition) is 0. The summed E-state index contributed by atoms with van der Waals surface area (Å²) in [5.74, 6) is -0.0440. The van der Waals surface area contributed by atoms with Crippen LogP contribution in [0.4, 0.5) is 0 Å². The lowest BCUT2D eigenvalue weighted by molar-refractivity contribution is 0.104. The first-order valence-corrected chi connectivity index (χ1v) is 3.63. The van der Waals surface area contributed by atoms with Crippen LogP contribution in [-0.4, -0.2) is 12.9 Å². The molecule has 0 bridgehead atoms. The normalized spacial score (nSPS) is 10.1. The van der Waals surface area contributed by atoms with Crippen molar-refractivity contribution in [2.24, 2.45) is 0 Å². The highest BCUT2D eigenvalue weighted by Gasteiger charge is 1.97. The standard InChI is InChI=1S/C10H10O2/c1-12-8-7-10(11)9-5-3-2-4-6-9/h2-8H,1H3/b8-7+. The van der Waals surface area contributed by atoms with Gasteiger partial charge in [0, 0.05) is 11.6 Å². The Balaban J connectivity index is 2.72. The molecule has 0 amide bonds. The summed E-state index contributed by atoms with van der Waals surface area (Å²) in [7, 11) is 1.51. The van der Waals surface area contributed by atoms with Gasteiger partial charge >= 0.3 is 0 Å². The van der Waals surface area contributed by atoms with Crippen LogP contribution in [0.3, 0.4) is 0 Å². The highest BCUT2D eigenvalue weighted by atomic mass is 16.5. The molecule has 1 aromatic carbocycles. The van der Waals surface area contributed by atoms with Crippen LogP contribution in [0.15, 0.2) is 42.7 Å². The van der Waals surface area contributed by atoms with Crippen LogP contribution >= 0.6 is 0 Å². The predicted octanol–water partition coefficient (Wildman–Crippen LogP) is 2.03. The molecule has 0 fully saturated rings. The Morgan fingerprint density at radius 2 is 2.00 bits per heavy atom. The van der Waals surface area contributed by atoms with Crippen molar-refractivity contribution in [3.8, 4) is 0 Å². The summed E-state index contributed by atoms with van der Waals surface area (Å²) >= 11 is 0. The monoisotopic (exact) mass is 162 g/mol. The molecule has 2 heteroatoms. The average molecular weight is 162 g/mol. The third kappa shape index (κ3) is 2.23. The number of benzene rings is 1. The van der Waals surface area contributed by atoms with Gasteiger partial charge in [-0.2, -0.15) is 0 Å². The fourth-order valence-corrected chi connectivity index (χ4v) is 0.828. The first-order valence-electron chi connectivity index (χ1n) is 3.63. The SMILES string of the molecule is CO/C=C/C(=O)c1ccccc1. The molecule has 1 aromatic rings. The number of carbonyl (C=O) groups excluding carboxylic acids is 1. The number of ether oxygens (including phenoxy) is 1. The lowest BCUT2D eigenvalue weighted by Crippen LogP contribution is -1.92. The quantitative estimate of drug-likeness (QED) is 0.386. The van der Waals surface area contributed by atoms with E-state index in [2.05, 4.69) is 4.74 Å². The van der Waals surface area contributed by atoms with Crippen LogP contribution in [0.5, 0.6) is 0 Å². The molecule has 0 atom stereocenters. The highest BCUT2D eigenvalue weighted by molar-refractivity contribution is 6.04. The Kier molecular flexibility index (Phi) is 3.08. The number of allylic oxidation sites excluding steroid dienone is 1. The molecule has 0 saturated carbocycles. The van der Waals surface area contributed by atoms with E-state index in [1.807, 2.05) is 18.2 Å². The topological polar surface area (TPSA) is 26.3 Å². The molecule has 2 nitrogen and oxygen atoms in total. The zero-order valence-electron chi connectivity index (χ0n) is 6.86. The fraction of sp³-hybridized carbons (Fsp3) is 0.100. The Hall–Kier alpha value is -1.57. The molecule has 0 heterocycles. The Bertz CT molecular complexity index is 275. The van der Waals surface area contributed by atoms with Gasteiger partial charge in [-0.3, -0.25) is 4.79 Å². The first kappa shape index (κ1) is 8.53. The molecule has 0 aromatic heterocycles. The second kappa shape index (κ2) is 4.34. The van der Waals surface area contributed by atoms with Crippen molar-refractivity contribution in [1.29, 1.82) is 0 Å². The maximum atomic E-state index is 11.2. The van der Waals surface area contributed by atoms with Gasteiger partial charge < -0.3 is 4.74 Å². The molecule has 0 aliphatic carbocycles. The van der Waals surface area contributed by atoms with Crippen molar-refractivity contribution in [1.82, 2.24) is 0 Å². The van der Waals surface area contributed by atoms with Crippen LogP contribution in [0.2, 0.25) is 0 Å². The summed E-state index contributed by atoms with van der Waals surface area (Å²) in [6, 6.07) is 9.06. The van der Waals surface area contributed by atoms with E-state index < -0.39 is 0 Å². The smallest absolute Gasteiger partial charge is 0.188 e. The van der Waals surface area contributed by atoms with Crippen LogP contribution < -0.4 is 0 Å².